The lowest BCUT2D eigenvalue weighted by molar-refractivity contribution is -0.385. The van der Waals surface area contributed by atoms with Crippen molar-refractivity contribution in [2.75, 3.05) is 7.11 Å². The number of carbonyl (C=O) groups is 1. The number of hydrogen-bond donors (Lipinski definition) is 1. The number of carbonyl (C=O) groups excluding carboxylic acids is 1. The summed E-state index contributed by atoms with van der Waals surface area (Å²) in [5, 5.41) is 19.9. The molecule has 0 aliphatic heterocycles. The summed E-state index contributed by atoms with van der Waals surface area (Å²) in [6.07, 6.45) is -1.80. The van der Waals surface area contributed by atoms with Crippen molar-refractivity contribution >= 4 is 11.7 Å². The highest BCUT2D eigenvalue weighted by molar-refractivity contribution is 5.70. The maximum Gasteiger partial charge on any atom is 0.308 e. The van der Waals surface area contributed by atoms with Crippen LogP contribution in [0.15, 0.2) is 18.2 Å². The Bertz CT molecular complexity index is 448. The average Bonchev–Trinajstić information content (AvgIpc) is 2.28. The van der Waals surface area contributed by atoms with Crippen LogP contribution in [0.2, 0.25) is 0 Å². The van der Waals surface area contributed by atoms with Crippen molar-refractivity contribution in [3.63, 3.8) is 0 Å². The number of non-ortho nitro benzene ring substituents is 1. The van der Waals surface area contributed by atoms with E-state index in [0.717, 1.165) is 19.2 Å². The quantitative estimate of drug-likeness (QED) is 0.489. The molecule has 1 aromatic carbocycles. The molecular weight excluding hydrogens is 233 g/mol. The van der Waals surface area contributed by atoms with E-state index in [1.165, 1.54) is 0 Å². The third kappa shape index (κ3) is 3.22. The van der Waals surface area contributed by atoms with Crippen LogP contribution in [0.3, 0.4) is 0 Å². The zero-order valence-electron chi connectivity index (χ0n) is 8.92. The number of aliphatic hydroxyl groups is 1. The highest BCUT2D eigenvalue weighted by Gasteiger charge is 2.19. The second-order valence-electron chi connectivity index (χ2n) is 3.26. The number of methoxy groups -OCH3 is 1. The molecule has 1 rings (SSSR count). The molecule has 0 fully saturated rings. The third-order valence-corrected chi connectivity index (χ3v) is 2.14. The van der Waals surface area contributed by atoms with E-state index in [1.807, 2.05) is 0 Å². The summed E-state index contributed by atoms with van der Waals surface area (Å²) < 4.78 is 17.7. The Morgan fingerprint density at radius 3 is 2.76 bits per heavy atom. The van der Waals surface area contributed by atoms with E-state index in [1.54, 1.807) is 0 Å². The van der Waals surface area contributed by atoms with Gasteiger partial charge in [-0.05, 0) is 6.07 Å². The molecule has 0 aliphatic rings. The van der Waals surface area contributed by atoms with Crippen molar-refractivity contribution in [1.82, 2.24) is 0 Å². The first-order valence-electron chi connectivity index (χ1n) is 4.64. The van der Waals surface area contributed by atoms with Gasteiger partial charge in [-0.15, -0.1) is 0 Å². The van der Waals surface area contributed by atoms with E-state index < -0.39 is 34.9 Å². The van der Waals surface area contributed by atoms with E-state index in [9.17, 15) is 24.4 Å². The van der Waals surface area contributed by atoms with Gasteiger partial charge in [-0.25, -0.2) is 4.39 Å². The summed E-state index contributed by atoms with van der Waals surface area (Å²) in [6.45, 7) is 0. The number of ether oxygens (including phenoxy) is 1. The zero-order valence-corrected chi connectivity index (χ0v) is 8.92. The molecular formula is C10H10FNO5. The number of halogens is 1. The first-order valence-corrected chi connectivity index (χ1v) is 4.64. The molecule has 0 saturated carbocycles. The fraction of sp³-hybridized carbons (Fsp3) is 0.300. The average molecular weight is 243 g/mol. The van der Waals surface area contributed by atoms with Crippen LogP contribution in [0.4, 0.5) is 10.1 Å². The molecule has 0 amide bonds. The molecule has 0 bridgehead atoms. The Labute approximate surface area is 95.8 Å². The monoisotopic (exact) mass is 243 g/mol. The predicted octanol–water partition coefficient (Wildman–Crippen LogP) is 1.33. The maximum absolute atomic E-state index is 13.4. The molecule has 6 nitrogen and oxygen atoms in total. The van der Waals surface area contributed by atoms with Gasteiger partial charge in [-0.1, -0.05) is 0 Å². The van der Waals surface area contributed by atoms with Crippen molar-refractivity contribution in [1.29, 1.82) is 0 Å². The normalized spacial score (nSPS) is 11.9. The SMILES string of the molecule is COC(=O)CC(O)c1ccc([N+](=O)[O-])cc1F. The van der Waals surface area contributed by atoms with E-state index in [0.29, 0.717) is 6.07 Å². The lowest BCUT2D eigenvalue weighted by Crippen LogP contribution is -2.09. The Balaban J connectivity index is 2.92. The van der Waals surface area contributed by atoms with Gasteiger partial charge in [0.25, 0.3) is 5.69 Å². The van der Waals surface area contributed by atoms with Crippen molar-refractivity contribution in [2.24, 2.45) is 0 Å². The van der Waals surface area contributed by atoms with E-state index in [4.69, 9.17) is 0 Å². The largest absolute Gasteiger partial charge is 0.469 e. The van der Waals surface area contributed by atoms with Gasteiger partial charge in [-0.3, -0.25) is 14.9 Å². The predicted molar refractivity (Wildman–Crippen MR) is 54.6 cm³/mol. The van der Waals surface area contributed by atoms with Gasteiger partial charge in [0.2, 0.25) is 0 Å². The van der Waals surface area contributed by atoms with Crippen LogP contribution in [-0.4, -0.2) is 23.1 Å². The highest BCUT2D eigenvalue weighted by Crippen LogP contribution is 2.24. The van der Waals surface area contributed by atoms with Crippen molar-refractivity contribution in [3.05, 3.63) is 39.7 Å². The molecule has 92 valence electrons. The molecule has 0 heterocycles. The van der Waals surface area contributed by atoms with Gasteiger partial charge in [0, 0.05) is 11.6 Å². The minimum Gasteiger partial charge on any atom is -0.469 e. The van der Waals surface area contributed by atoms with E-state index in [2.05, 4.69) is 4.74 Å². The smallest absolute Gasteiger partial charge is 0.308 e. The number of nitro benzene ring substituents is 1. The Morgan fingerprint density at radius 2 is 2.29 bits per heavy atom. The van der Waals surface area contributed by atoms with Gasteiger partial charge in [0.1, 0.15) is 5.82 Å². The highest BCUT2D eigenvalue weighted by atomic mass is 19.1. The van der Waals surface area contributed by atoms with E-state index >= 15 is 0 Å². The van der Waals surface area contributed by atoms with Crippen molar-refractivity contribution < 1.29 is 24.0 Å². The number of rotatable bonds is 4. The van der Waals surface area contributed by atoms with Crippen LogP contribution in [0, 0.1) is 15.9 Å². The van der Waals surface area contributed by atoms with Gasteiger partial charge in [-0.2, -0.15) is 0 Å². The second-order valence-corrected chi connectivity index (χ2v) is 3.26. The molecule has 0 spiro atoms. The molecule has 1 atom stereocenters. The minimum absolute atomic E-state index is 0.180. The molecule has 0 aromatic heterocycles. The first-order chi connectivity index (χ1) is 7.95. The molecule has 0 aliphatic carbocycles. The lowest BCUT2D eigenvalue weighted by atomic mass is 10.1. The molecule has 0 saturated heterocycles. The minimum atomic E-state index is -1.39. The fourth-order valence-electron chi connectivity index (χ4n) is 1.25. The van der Waals surface area contributed by atoms with Crippen molar-refractivity contribution in [2.45, 2.75) is 12.5 Å². The maximum atomic E-state index is 13.4. The number of nitro groups is 1. The summed E-state index contributed by atoms with van der Waals surface area (Å²) in [5.74, 6) is -1.63. The van der Waals surface area contributed by atoms with Crippen LogP contribution in [0.1, 0.15) is 18.1 Å². The number of aliphatic hydroxyl groups excluding tert-OH is 1. The van der Waals surface area contributed by atoms with Crippen LogP contribution >= 0.6 is 0 Å². The van der Waals surface area contributed by atoms with Crippen LogP contribution in [0.25, 0.3) is 0 Å². The molecule has 7 heteroatoms. The van der Waals surface area contributed by atoms with Crippen molar-refractivity contribution in [3.8, 4) is 0 Å². The number of nitrogens with zero attached hydrogens (tertiary/aromatic N) is 1. The van der Waals surface area contributed by atoms with Gasteiger partial charge in [0.15, 0.2) is 0 Å². The number of hydrogen-bond acceptors (Lipinski definition) is 5. The summed E-state index contributed by atoms with van der Waals surface area (Å²) in [5.41, 5.74) is -0.600. The van der Waals surface area contributed by atoms with Gasteiger partial charge in [0.05, 0.1) is 30.6 Å². The Kier molecular flexibility index (Phi) is 4.11. The molecule has 1 N–H and O–H groups in total. The topological polar surface area (TPSA) is 89.7 Å². The standard InChI is InChI=1S/C10H10FNO5/c1-17-10(14)5-9(13)7-3-2-6(12(15)16)4-8(7)11/h2-4,9,13H,5H2,1H3. The van der Waals surface area contributed by atoms with Crippen LogP contribution in [0.5, 0.6) is 0 Å². The van der Waals surface area contributed by atoms with E-state index in [-0.39, 0.29) is 5.56 Å². The zero-order chi connectivity index (χ0) is 13.0. The molecule has 1 aromatic rings. The van der Waals surface area contributed by atoms with Gasteiger partial charge >= 0.3 is 5.97 Å². The Morgan fingerprint density at radius 1 is 1.65 bits per heavy atom. The molecule has 0 radical (unpaired) electrons. The van der Waals surface area contributed by atoms with Crippen LogP contribution in [-0.2, 0) is 9.53 Å². The first kappa shape index (κ1) is 13.0. The summed E-state index contributed by atoms with van der Waals surface area (Å²) in [7, 11) is 1.14. The fourth-order valence-corrected chi connectivity index (χ4v) is 1.25. The molecule has 1 unspecified atom stereocenters. The summed E-state index contributed by atoms with van der Waals surface area (Å²) in [4.78, 5) is 20.5. The number of benzene rings is 1. The Hall–Kier alpha value is -2.02. The van der Waals surface area contributed by atoms with Crippen LogP contribution < -0.4 is 0 Å². The van der Waals surface area contributed by atoms with Gasteiger partial charge < -0.3 is 9.84 Å². The number of esters is 1. The lowest BCUT2D eigenvalue weighted by Gasteiger charge is -2.10. The second kappa shape index (κ2) is 5.35. The third-order valence-electron chi connectivity index (χ3n) is 2.14. The summed E-state index contributed by atoms with van der Waals surface area (Å²) >= 11 is 0. The summed E-state index contributed by atoms with van der Waals surface area (Å²) in [6, 6.07) is 2.82. The molecule has 17 heavy (non-hydrogen) atoms.